The molecule has 134 valence electrons. The van der Waals surface area contributed by atoms with Gasteiger partial charge in [0.15, 0.2) is 0 Å². The third-order valence-electron chi connectivity index (χ3n) is 4.04. The van der Waals surface area contributed by atoms with Crippen LogP contribution in [0.2, 0.25) is 0 Å². The molecule has 1 saturated heterocycles. The van der Waals surface area contributed by atoms with Gasteiger partial charge in [0.1, 0.15) is 5.82 Å². The van der Waals surface area contributed by atoms with E-state index in [2.05, 4.69) is 0 Å². The minimum absolute atomic E-state index is 0.0475. The van der Waals surface area contributed by atoms with Gasteiger partial charge in [0, 0.05) is 39.8 Å². The van der Waals surface area contributed by atoms with Crippen molar-refractivity contribution in [3.05, 3.63) is 30.1 Å². The van der Waals surface area contributed by atoms with Crippen molar-refractivity contribution in [2.24, 2.45) is 5.73 Å². The van der Waals surface area contributed by atoms with Crippen LogP contribution in [0.15, 0.2) is 29.2 Å². The maximum Gasteiger partial charge on any atom is 0.243 e. The lowest BCUT2D eigenvalue weighted by Crippen LogP contribution is -2.51. The van der Waals surface area contributed by atoms with Crippen molar-refractivity contribution in [1.82, 2.24) is 9.21 Å². The van der Waals surface area contributed by atoms with Gasteiger partial charge in [-0.25, -0.2) is 12.8 Å². The first kappa shape index (κ1) is 18.8. The monoisotopic (exact) mass is 359 g/mol. The largest absolute Gasteiger partial charge is 0.380 e. The van der Waals surface area contributed by atoms with Gasteiger partial charge < -0.3 is 15.4 Å². The van der Waals surface area contributed by atoms with Crippen LogP contribution in [0.25, 0.3) is 0 Å². The number of methoxy groups -OCH3 is 1. The Morgan fingerprint density at radius 2 is 1.83 bits per heavy atom. The number of piperazine rings is 1. The summed E-state index contributed by atoms with van der Waals surface area (Å²) < 4.78 is 44.4. The van der Waals surface area contributed by atoms with E-state index in [0.717, 1.165) is 12.1 Å². The molecule has 0 radical (unpaired) electrons. The van der Waals surface area contributed by atoms with E-state index in [4.69, 9.17) is 10.5 Å². The Morgan fingerprint density at radius 1 is 1.25 bits per heavy atom. The topological polar surface area (TPSA) is 92.9 Å². The molecule has 0 bridgehead atoms. The average Bonchev–Trinajstić information content (AvgIpc) is 2.60. The number of carbonyl (C=O) groups excluding carboxylic acids is 1. The van der Waals surface area contributed by atoms with Gasteiger partial charge >= 0.3 is 0 Å². The first-order valence-corrected chi connectivity index (χ1v) is 9.09. The molecule has 1 aliphatic heterocycles. The first-order chi connectivity index (χ1) is 11.4. The standard InChI is InChI=1S/C15H22FN3O4S/c1-23-13(11-17)10-15(20)18-6-8-19(9-7-18)24(21,22)14-4-2-12(16)3-5-14/h2-5,13H,6-11,17H2,1H3. The molecule has 0 saturated carbocycles. The molecule has 1 unspecified atom stereocenters. The number of amides is 1. The fourth-order valence-electron chi connectivity index (χ4n) is 2.52. The number of halogens is 1. The van der Waals surface area contributed by atoms with Gasteiger partial charge in [-0.1, -0.05) is 0 Å². The fourth-order valence-corrected chi connectivity index (χ4v) is 3.94. The highest BCUT2D eigenvalue weighted by molar-refractivity contribution is 7.89. The molecule has 1 amide bonds. The predicted molar refractivity (Wildman–Crippen MR) is 86.2 cm³/mol. The number of rotatable bonds is 6. The Hall–Kier alpha value is -1.55. The molecule has 1 aromatic rings. The van der Waals surface area contributed by atoms with Crippen LogP contribution in [0, 0.1) is 5.82 Å². The Kier molecular flexibility index (Phi) is 6.27. The smallest absolute Gasteiger partial charge is 0.243 e. The summed E-state index contributed by atoms with van der Waals surface area (Å²) in [7, 11) is -2.18. The Morgan fingerprint density at radius 3 is 2.33 bits per heavy atom. The van der Waals surface area contributed by atoms with Crippen molar-refractivity contribution >= 4 is 15.9 Å². The van der Waals surface area contributed by atoms with Gasteiger partial charge in [-0.3, -0.25) is 4.79 Å². The molecule has 1 heterocycles. The maximum atomic E-state index is 12.9. The lowest BCUT2D eigenvalue weighted by Gasteiger charge is -2.34. The summed E-state index contributed by atoms with van der Waals surface area (Å²) in [6.07, 6.45) is -0.156. The third-order valence-corrected chi connectivity index (χ3v) is 5.95. The van der Waals surface area contributed by atoms with E-state index >= 15 is 0 Å². The summed E-state index contributed by atoms with van der Waals surface area (Å²) in [5, 5.41) is 0. The minimum Gasteiger partial charge on any atom is -0.380 e. The van der Waals surface area contributed by atoms with Gasteiger partial charge in [0.2, 0.25) is 15.9 Å². The highest BCUT2D eigenvalue weighted by Crippen LogP contribution is 2.18. The summed E-state index contributed by atoms with van der Waals surface area (Å²) in [6.45, 7) is 1.26. The van der Waals surface area contributed by atoms with Gasteiger partial charge in [-0.15, -0.1) is 0 Å². The van der Waals surface area contributed by atoms with Crippen molar-refractivity contribution in [3.63, 3.8) is 0 Å². The highest BCUT2D eigenvalue weighted by atomic mass is 32.2. The number of nitrogens with two attached hydrogens (primary N) is 1. The van der Waals surface area contributed by atoms with E-state index in [1.807, 2.05) is 0 Å². The maximum absolute atomic E-state index is 12.9. The van der Waals surface area contributed by atoms with E-state index in [0.29, 0.717) is 13.1 Å². The van der Waals surface area contributed by atoms with Gasteiger partial charge in [-0.05, 0) is 24.3 Å². The number of sulfonamides is 1. The molecule has 0 aliphatic carbocycles. The summed E-state index contributed by atoms with van der Waals surface area (Å²) >= 11 is 0. The zero-order chi connectivity index (χ0) is 17.7. The van der Waals surface area contributed by atoms with Crippen molar-refractivity contribution < 1.29 is 22.3 Å². The van der Waals surface area contributed by atoms with Crippen LogP contribution in [-0.4, -0.2) is 69.5 Å². The predicted octanol–water partition coefficient (Wildman–Crippen LogP) is 0.0224. The molecule has 1 aromatic carbocycles. The van der Waals surface area contributed by atoms with Gasteiger partial charge in [0.05, 0.1) is 17.4 Å². The number of hydrogen-bond donors (Lipinski definition) is 1. The number of ether oxygens (including phenoxy) is 1. The molecular weight excluding hydrogens is 337 g/mol. The summed E-state index contributed by atoms with van der Waals surface area (Å²) in [6, 6.07) is 4.72. The van der Waals surface area contributed by atoms with Crippen LogP contribution in [0.5, 0.6) is 0 Å². The molecule has 9 heteroatoms. The molecule has 1 atom stereocenters. The Balaban J connectivity index is 1.97. The summed E-state index contributed by atoms with van der Waals surface area (Å²) in [4.78, 5) is 13.8. The molecule has 2 rings (SSSR count). The van der Waals surface area contributed by atoms with Crippen LogP contribution < -0.4 is 5.73 Å². The molecule has 1 aliphatic rings. The number of hydrogen-bond acceptors (Lipinski definition) is 5. The molecule has 1 fully saturated rings. The molecule has 0 aromatic heterocycles. The second kappa shape index (κ2) is 8.02. The molecule has 0 spiro atoms. The van der Waals surface area contributed by atoms with Crippen LogP contribution >= 0.6 is 0 Å². The van der Waals surface area contributed by atoms with Crippen LogP contribution in [0.1, 0.15) is 6.42 Å². The molecule has 2 N–H and O–H groups in total. The molecule has 24 heavy (non-hydrogen) atoms. The van der Waals surface area contributed by atoms with E-state index < -0.39 is 15.8 Å². The van der Waals surface area contributed by atoms with Gasteiger partial charge in [0.25, 0.3) is 0 Å². The van der Waals surface area contributed by atoms with E-state index in [1.165, 1.54) is 23.5 Å². The summed E-state index contributed by atoms with van der Waals surface area (Å²) in [5.74, 6) is -0.594. The average molecular weight is 359 g/mol. The zero-order valence-corrected chi connectivity index (χ0v) is 14.3. The zero-order valence-electron chi connectivity index (χ0n) is 13.5. The highest BCUT2D eigenvalue weighted by Gasteiger charge is 2.30. The van der Waals surface area contributed by atoms with E-state index in [-0.39, 0.29) is 43.0 Å². The molecular formula is C15H22FN3O4S. The number of carbonyl (C=O) groups is 1. The van der Waals surface area contributed by atoms with Crippen LogP contribution in [-0.2, 0) is 19.6 Å². The second-order valence-corrected chi connectivity index (χ2v) is 7.47. The quantitative estimate of drug-likeness (QED) is 0.773. The second-order valence-electron chi connectivity index (χ2n) is 5.54. The Labute approximate surface area is 141 Å². The minimum atomic E-state index is -3.68. The van der Waals surface area contributed by atoms with Crippen molar-refractivity contribution in [1.29, 1.82) is 0 Å². The van der Waals surface area contributed by atoms with Crippen molar-refractivity contribution in [3.8, 4) is 0 Å². The molecule has 7 nitrogen and oxygen atoms in total. The fraction of sp³-hybridized carbons (Fsp3) is 0.533. The number of nitrogens with zero attached hydrogens (tertiary/aromatic N) is 2. The summed E-state index contributed by atoms with van der Waals surface area (Å²) in [5.41, 5.74) is 5.51. The first-order valence-electron chi connectivity index (χ1n) is 7.65. The van der Waals surface area contributed by atoms with Crippen LogP contribution in [0.3, 0.4) is 0 Å². The number of benzene rings is 1. The van der Waals surface area contributed by atoms with Crippen molar-refractivity contribution in [2.45, 2.75) is 17.4 Å². The van der Waals surface area contributed by atoms with E-state index in [9.17, 15) is 17.6 Å². The van der Waals surface area contributed by atoms with Gasteiger partial charge in [-0.2, -0.15) is 4.31 Å². The lowest BCUT2D eigenvalue weighted by atomic mass is 10.2. The lowest BCUT2D eigenvalue weighted by molar-refractivity contribution is -0.134. The third kappa shape index (κ3) is 4.29. The van der Waals surface area contributed by atoms with Crippen molar-refractivity contribution in [2.75, 3.05) is 39.8 Å². The van der Waals surface area contributed by atoms with E-state index in [1.54, 1.807) is 4.90 Å². The SMILES string of the molecule is COC(CN)CC(=O)N1CCN(S(=O)(=O)c2ccc(F)cc2)CC1. The van der Waals surface area contributed by atoms with Crippen LogP contribution in [0.4, 0.5) is 4.39 Å². The normalized spacial score (nSPS) is 17.7. The Bertz CT molecular complexity index is 654.